The quantitative estimate of drug-likeness (QED) is 0.703. The van der Waals surface area contributed by atoms with Crippen LogP contribution in [0.2, 0.25) is 5.15 Å². The van der Waals surface area contributed by atoms with E-state index in [0.717, 1.165) is 0 Å². The minimum atomic E-state index is 0.601. The summed E-state index contributed by atoms with van der Waals surface area (Å²) < 4.78 is 0. The fourth-order valence-electron chi connectivity index (χ4n) is 3.45. The van der Waals surface area contributed by atoms with Crippen LogP contribution >= 0.6 is 11.6 Å². The number of aromatic nitrogens is 1. The van der Waals surface area contributed by atoms with Crippen molar-refractivity contribution in [2.75, 3.05) is 18.0 Å². The summed E-state index contributed by atoms with van der Waals surface area (Å²) in [5.41, 5.74) is 1.92. The van der Waals surface area contributed by atoms with Gasteiger partial charge in [0.05, 0.1) is 0 Å². The van der Waals surface area contributed by atoms with E-state index in [2.05, 4.69) is 16.0 Å². The Morgan fingerprint density at radius 3 is 2.47 bits per heavy atom. The van der Waals surface area contributed by atoms with E-state index in [1.807, 2.05) is 6.07 Å². The molecule has 0 radical (unpaired) electrons. The van der Waals surface area contributed by atoms with Crippen LogP contribution in [0.5, 0.6) is 0 Å². The molecule has 3 rings (SSSR count). The van der Waals surface area contributed by atoms with Gasteiger partial charge < -0.3 is 4.90 Å². The van der Waals surface area contributed by atoms with Gasteiger partial charge in [-0.3, -0.25) is 0 Å². The molecule has 17 heavy (non-hydrogen) atoms. The first-order chi connectivity index (χ1) is 8.27. The van der Waals surface area contributed by atoms with E-state index in [0.29, 0.717) is 10.6 Å². The van der Waals surface area contributed by atoms with Crippen molar-refractivity contribution in [1.82, 2.24) is 4.98 Å². The van der Waals surface area contributed by atoms with Gasteiger partial charge in [-0.15, -0.1) is 0 Å². The van der Waals surface area contributed by atoms with Crippen LogP contribution in [0.3, 0.4) is 0 Å². The van der Waals surface area contributed by atoms with Crippen LogP contribution in [0, 0.1) is 5.41 Å². The van der Waals surface area contributed by atoms with Crippen LogP contribution in [0.15, 0.2) is 18.3 Å². The highest BCUT2D eigenvalue weighted by Gasteiger charge is 2.36. The summed E-state index contributed by atoms with van der Waals surface area (Å²) in [5.74, 6) is 0. The molecule has 1 aromatic rings. The lowest BCUT2D eigenvalue weighted by Gasteiger charge is -2.40. The van der Waals surface area contributed by atoms with E-state index in [1.54, 1.807) is 6.20 Å². The maximum Gasteiger partial charge on any atom is 0.131 e. The number of anilines is 1. The van der Waals surface area contributed by atoms with E-state index < -0.39 is 0 Å². The van der Waals surface area contributed by atoms with Gasteiger partial charge in [-0.25, -0.2) is 4.98 Å². The van der Waals surface area contributed by atoms with Gasteiger partial charge >= 0.3 is 0 Å². The number of pyridine rings is 1. The summed E-state index contributed by atoms with van der Waals surface area (Å²) in [6.45, 7) is 2.36. The topological polar surface area (TPSA) is 16.1 Å². The third kappa shape index (κ3) is 2.28. The zero-order valence-electron chi connectivity index (χ0n) is 10.2. The standard InChI is InChI=1S/C14H19ClN2/c15-13-11-12(3-8-16-13)17-9-6-14(7-10-17)4-1-2-5-14/h3,8,11H,1-2,4-7,9-10H2. The molecule has 0 atom stereocenters. The lowest BCUT2D eigenvalue weighted by atomic mass is 9.77. The predicted octanol–water partition coefficient (Wildman–Crippen LogP) is 3.90. The van der Waals surface area contributed by atoms with Gasteiger partial charge in [-0.2, -0.15) is 0 Å². The molecule has 2 fully saturated rings. The van der Waals surface area contributed by atoms with E-state index >= 15 is 0 Å². The SMILES string of the molecule is Clc1cc(N2CCC3(CCCC3)CC2)ccn1. The lowest BCUT2D eigenvalue weighted by Crippen LogP contribution is -2.38. The Morgan fingerprint density at radius 2 is 1.82 bits per heavy atom. The molecule has 0 aromatic carbocycles. The van der Waals surface area contributed by atoms with Gasteiger partial charge in [0, 0.05) is 25.0 Å². The van der Waals surface area contributed by atoms with Crippen molar-refractivity contribution < 1.29 is 0 Å². The fraction of sp³-hybridized carbons (Fsp3) is 0.643. The molecule has 1 spiro atoms. The summed E-state index contributed by atoms with van der Waals surface area (Å²) in [4.78, 5) is 6.50. The van der Waals surface area contributed by atoms with Crippen LogP contribution < -0.4 is 4.90 Å². The third-order valence-electron chi connectivity index (χ3n) is 4.56. The van der Waals surface area contributed by atoms with Crippen molar-refractivity contribution in [3.63, 3.8) is 0 Å². The number of hydrogen-bond acceptors (Lipinski definition) is 2. The number of nitrogens with zero attached hydrogens (tertiary/aromatic N) is 2. The number of piperidine rings is 1. The van der Waals surface area contributed by atoms with E-state index in [9.17, 15) is 0 Å². The van der Waals surface area contributed by atoms with Gasteiger partial charge in [0.2, 0.25) is 0 Å². The number of halogens is 1. The minimum Gasteiger partial charge on any atom is -0.371 e. The molecule has 1 saturated heterocycles. The highest BCUT2D eigenvalue weighted by molar-refractivity contribution is 6.29. The molecule has 1 saturated carbocycles. The van der Waals surface area contributed by atoms with Gasteiger partial charge in [0.25, 0.3) is 0 Å². The molecule has 1 aliphatic carbocycles. The molecule has 0 amide bonds. The maximum absolute atomic E-state index is 5.95. The van der Waals surface area contributed by atoms with Crippen molar-refractivity contribution in [1.29, 1.82) is 0 Å². The largest absolute Gasteiger partial charge is 0.371 e. The van der Waals surface area contributed by atoms with Crippen molar-refractivity contribution in [3.05, 3.63) is 23.5 Å². The summed E-state index contributed by atoms with van der Waals surface area (Å²) >= 11 is 5.95. The number of rotatable bonds is 1. The van der Waals surface area contributed by atoms with Gasteiger partial charge in [0.15, 0.2) is 0 Å². The lowest BCUT2D eigenvalue weighted by molar-refractivity contribution is 0.226. The van der Waals surface area contributed by atoms with Crippen molar-refractivity contribution in [2.45, 2.75) is 38.5 Å². The molecule has 3 heteroatoms. The first-order valence-electron chi connectivity index (χ1n) is 6.64. The predicted molar refractivity (Wildman–Crippen MR) is 71.6 cm³/mol. The molecule has 0 bridgehead atoms. The Labute approximate surface area is 108 Å². The molecule has 1 aliphatic heterocycles. The average Bonchev–Trinajstić information content (AvgIpc) is 2.79. The summed E-state index contributed by atoms with van der Waals surface area (Å²) in [6, 6.07) is 4.05. The second-order valence-electron chi connectivity index (χ2n) is 5.53. The highest BCUT2D eigenvalue weighted by atomic mass is 35.5. The smallest absolute Gasteiger partial charge is 0.131 e. The number of hydrogen-bond donors (Lipinski definition) is 0. The maximum atomic E-state index is 5.95. The average molecular weight is 251 g/mol. The molecule has 1 aromatic heterocycles. The monoisotopic (exact) mass is 250 g/mol. The second kappa shape index (κ2) is 4.49. The Morgan fingerprint density at radius 1 is 1.12 bits per heavy atom. The molecule has 92 valence electrons. The van der Waals surface area contributed by atoms with Crippen molar-refractivity contribution in [3.8, 4) is 0 Å². The second-order valence-corrected chi connectivity index (χ2v) is 5.92. The Hall–Kier alpha value is -0.760. The van der Waals surface area contributed by atoms with Crippen molar-refractivity contribution in [2.24, 2.45) is 5.41 Å². The van der Waals surface area contributed by atoms with Gasteiger partial charge in [-0.05, 0) is 43.2 Å². The van der Waals surface area contributed by atoms with E-state index in [4.69, 9.17) is 11.6 Å². The zero-order chi connectivity index (χ0) is 11.7. The molecular weight excluding hydrogens is 232 g/mol. The molecule has 2 heterocycles. The Balaban J connectivity index is 1.68. The summed E-state index contributed by atoms with van der Waals surface area (Å²) in [7, 11) is 0. The van der Waals surface area contributed by atoms with E-state index in [1.165, 1.54) is 57.3 Å². The van der Waals surface area contributed by atoms with Crippen LogP contribution in [0.1, 0.15) is 38.5 Å². The Kier molecular flexibility index (Phi) is 2.99. The first kappa shape index (κ1) is 11.3. The summed E-state index contributed by atoms with van der Waals surface area (Å²) in [6.07, 6.45) is 10.3. The molecule has 2 aliphatic rings. The zero-order valence-corrected chi connectivity index (χ0v) is 10.9. The molecule has 0 N–H and O–H groups in total. The highest BCUT2D eigenvalue weighted by Crippen LogP contribution is 2.46. The normalized spacial score (nSPS) is 23.2. The van der Waals surface area contributed by atoms with Gasteiger partial charge in [0.1, 0.15) is 5.15 Å². The van der Waals surface area contributed by atoms with Crippen LogP contribution in [0.25, 0.3) is 0 Å². The Bertz CT molecular complexity index is 389. The van der Waals surface area contributed by atoms with Gasteiger partial charge in [-0.1, -0.05) is 24.4 Å². The molecule has 2 nitrogen and oxygen atoms in total. The minimum absolute atomic E-state index is 0.601. The fourth-order valence-corrected chi connectivity index (χ4v) is 3.62. The van der Waals surface area contributed by atoms with Crippen molar-refractivity contribution >= 4 is 17.3 Å². The molecular formula is C14H19ClN2. The summed E-state index contributed by atoms with van der Waals surface area (Å²) in [5, 5.41) is 0.601. The van der Waals surface area contributed by atoms with Crippen LogP contribution in [-0.4, -0.2) is 18.1 Å². The van der Waals surface area contributed by atoms with Crippen LogP contribution in [0.4, 0.5) is 5.69 Å². The van der Waals surface area contributed by atoms with Crippen LogP contribution in [-0.2, 0) is 0 Å². The molecule has 0 unspecified atom stereocenters. The third-order valence-corrected chi connectivity index (χ3v) is 4.77. The van der Waals surface area contributed by atoms with E-state index in [-0.39, 0.29) is 0 Å². The first-order valence-corrected chi connectivity index (χ1v) is 7.02.